The van der Waals surface area contributed by atoms with E-state index in [1.807, 2.05) is 0 Å². The van der Waals surface area contributed by atoms with Crippen molar-refractivity contribution in [2.24, 2.45) is 0 Å². The third kappa shape index (κ3) is 7.55. The predicted molar refractivity (Wildman–Crippen MR) is 55.4 cm³/mol. The lowest BCUT2D eigenvalue weighted by Gasteiger charge is -2.09. The SMILES string of the molecule is C#CCCCC(=O)CNC(C)CC. The Morgan fingerprint density at radius 3 is 2.85 bits per heavy atom. The molecular weight excluding hydrogens is 162 g/mol. The van der Waals surface area contributed by atoms with Gasteiger partial charge in [-0.05, 0) is 19.8 Å². The van der Waals surface area contributed by atoms with Crippen LogP contribution >= 0.6 is 0 Å². The first-order valence-corrected chi connectivity index (χ1v) is 4.89. The number of terminal acetylenes is 1. The van der Waals surface area contributed by atoms with Crippen molar-refractivity contribution in [3.63, 3.8) is 0 Å². The van der Waals surface area contributed by atoms with Gasteiger partial charge in [0.25, 0.3) is 0 Å². The third-order valence-electron chi connectivity index (χ3n) is 2.04. The quantitative estimate of drug-likeness (QED) is 0.479. The minimum atomic E-state index is 0.260. The second-order valence-corrected chi connectivity index (χ2v) is 3.29. The van der Waals surface area contributed by atoms with Crippen molar-refractivity contribution in [1.82, 2.24) is 5.32 Å². The van der Waals surface area contributed by atoms with Gasteiger partial charge in [-0.1, -0.05) is 6.92 Å². The van der Waals surface area contributed by atoms with Crippen LogP contribution in [0.15, 0.2) is 0 Å². The van der Waals surface area contributed by atoms with Gasteiger partial charge in [0.2, 0.25) is 0 Å². The standard InChI is InChI=1S/C11H19NO/c1-4-6-7-8-11(13)9-12-10(3)5-2/h1,10,12H,5-9H2,2-3H3. The molecule has 74 valence electrons. The summed E-state index contributed by atoms with van der Waals surface area (Å²) in [6.45, 7) is 4.66. The number of hydrogen-bond donors (Lipinski definition) is 1. The van der Waals surface area contributed by atoms with Crippen LogP contribution in [0.4, 0.5) is 0 Å². The van der Waals surface area contributed by atoms with Gasteiger partial charge in [0, 0.05) is 18.9 Å². The molecule has 0 heterocycles. The molecule has 0 spiro atoms. The average molecular weight is 181 g/mol. The van der Waals surface area contributed by atoms with Crippen molar-refractivity contribution < 1.29 is 4.79 Å². The van der Waals surface area contributed by atoms with Crippen LogP contribution < -0.4 is 5.32 Å². The van der Waals surface area contributed by atoms with E-state index < -0.39 is 0 Å². The molecule has 0 aliphatic rings. The Labute approximate surface area is 81.1 Å². The lowest BCUT2D eigenvalue weighted by atomic mass is 10.1. The smallest absolute Gasteiger partial charge is 0.146 e. The molecule has 0 aliphatic carbocycles. The molecule has 0 aromatic carbocycles. The molecular formula is C11H19NO. The van der Waals surface area contributed by atoms with Gasteiger partial charge < -0.3 is 5.32 Å². The van der Waals surface area contributed by atoms with Crippen molar-refractivity contribution in [3.05, 3.63) is 0 Å². The van der Waals surface area contributed by atoms with Crippen molar-refractivity contribution in [1.29, 1.82) is 0 Å². The molecule has 0 saturated heterocycles. The predicted octanol–water partition coefficient (Wildman–Crippen LogP) is 1.75. The summed E-state index contributed by atoms with van der Waals surface area (Å²) in [5.74, 6) is 2.79. The van der Waals surface area contributed by atoms with Gasteiger partial charge >= 0.3 is 0 Å². The number of carbonyl (C=O) groups is 1. The highest BCUT2D eigenvalue weighted by molar-refractivity contribution is 5.80. The molecule has 2 nitrogen and oxygen atoms in total. The van der Waals surface area contributed by atoms with Gasteiger partial charge in [0.15, 0.2) is 0 Å². The van der Waals surface area contributed by atoms with Gasteiger partial charge in [-0.25, -0.2) is 0 Å². The van der Waals surface area contributed by atoms with Crippen LogP contribution in [0.25, 0.3) is 0 Å². The van der Waals surface area contributed by atoms with E-state index in [1.165, 1.54) is 0 Å². The average Bonchev–Trinajstić information content (AvgIpc) is 2.14. The Balaban J connectivity index is 3.36. The number of nitrogens with one attached hydrogen (secondary N) is 1. The van der Waals surface area contributed by atoms with E-state index in [2.05, 4.69) is 25.1 Å². The summed E-state index contributed by atoms with van der Waals surface area (Å²) in [6.07, 6.45) is 8.26. The lowest BCUT2D eigenvalue weighted by Crippen LogP contribution is -2.30. The maximum Gasteiger partial charge on any atom is 0.146 e. The molecule has 0 aromatic heterocycles. The first-order valence-electron chi connectivity index (χ1n) is 4.89. The summed E-state index contributed by atoms with van der Waals surface area (Å²) >= 11 is 0. The van der Waals surface area contributed by atoms with Crippen LogP contribution in [0.1, 0.15) is 39.5 Å². The van der Waals surface area contributed by atoms with Crippen LogP contribution in [0.3, 0.4) is 0 Å². The number of Topliss-reactive ketones (excluding diaryl/α,β-unsaturated/α-hetero) is 1. The first kappa shape index (κ1) is 12.2. The van der Waals surface area contributed by atoms with E-state index in [9.17, 15) is 4.79 Å². The summed E-state index contributed by atoms with van der Waals surface area (Å²) < 4.78 is 0. The van der Waals surface area contributed by atoms with E-state index >= 15 is 0 Å². The fourth-order valence-corrected chi connectivity index (χ4v) is 0.908. The minimum absolute atomic E-state index is 0.260. The molecule has 0 bridgehead atoms. The molecule has 0 aromatic rings. The molecule has 13 heavy (non-hydrogen) atoms. The normalized spacial score (nSPS) is 12.1. The molecule has 0 aliphatic heterocycles. The summed E-state index contributed by atoms with van der Waals surface area (Å²) in [4.78, 5) is 11.2. The van der Waals surface area contributed by atoms with Crippen LogP contribution in [0.2, 0.25) is 0 Å². The summed E-state index contributed by atoms with van der Waals surface area (Å²) in [7, 11) is 0. The Kier molecular flexibility index (Phi) is 7.33. The second kappa shape index (κ2) is 7.82. The lowest BCUT2D eigenvalue weighted by molar-refractivity contribution is -0.118. The van der Waals surface area contributed by atoms with E-state index in [4.69, 9.17) is 6.42 Å². The van der Waals surface area contributed by atoms with E-state index in [0.29, 0.717) is 25.4 Å². The highest BCUT2D eigenvalue weighted by Crippen LogP contribution is 1.95. The van der Waals surface area contributed by atoms with Gasteiger partial charge in [-0.15, -0.1) is 12.3 Å². The molecule has 0 amide bonds. The maximum atomic E-state index is 11.2. The van der Waals surface area contributed by atoms with Crippen molar-refractivity contribution >= 4 is 5.78 Å². The summed E-state index contributed by atoms with van der Waals surface area (Å²) in [6, 6.07) is 0.427. The molecule has 1 N–H and O–H groups in total. The van der Waals surface area contributed by atoms with Crippen LogP contribution in [-0.2, 0) is 4.79 Å². The zero-order valence-electron chi connectivity index (χ0n) is 8.60. The number of ketones is 1. The number of carbonyl (C=O) groups excluding carboxylic acids is 1. The van der Waals surface area contributed by atoms with Crippen LogP contribution in [0, 0.1) is 12.3 Å². The summed E-state index contributed by atoms with van der Waals surface area (Å²) in [5, 5.41) is 3.16. The van der Waals surface area contributed by atoms with Crippen molar-refractivity contribution in [3.8, 4) is 12.3 Å². The van der Waals surface area contributed by atoms with Crippen molar-refractivity contribution in [2.75, 3.05) is 6.54 Å². The fourth-order valence-electron chi connectivity index (χ4n) is 0.908. The summed E-state index contributed by atoms with van der Waals surface area (Å²) in [5.41, 5.74) is 0. The van der Waals surface area contributed by atoms with E-state index in [1.54, 1.807) is 0 Å². The zero-order valence-corrected chi connectivity index (χ0v) is 8.60. The molecule has 2 heteroatoms. The zero-order chi connectivity index (χ0) is 10.1. The van der Waals surface area contributed by atoms with Gasteiger partial charge in [-0.2, -0.15) is 0 Å². The van der Waals surface area contributed by atoms with Gasteiger partial charge in [0.1, 0.15) is 5.78 Å². The third-order valence-corrected chi connectivity index (χ3v) is 2.04. The maximum absolute atomic E-state index is 11.2. The Bertz CT molecular complexity index is 181. The Morgan fingerprint density at radius 1 is 1.62 bits per heavy atom. The van der Waals surface area contributed by atoms with Crippen LogP contribution in [0.5, 0.6) is 0 Å². The van der Waals surface area contributed by atoms with Crippen molar-refractivity contribution in [2.45, 2.75) is 45.6 Å². The fraction of sp³-hybridized carbons (Fsp3) is 0.727. The highest BCUT2D eigenvalue weighted by atomic mass is 16.1. The first-order chi connectivity index (χ1) is 6.20. The second-order valence-electron chi connectivity index (χ2n) is 3.29. The van der Waals surface area contributed by atoms with E-state index in [-0.39, 0.29) is 5.78 Å². The number of unbranched alkanes of at least 4 members (excludes halogenated alkanes) is 1. The molecule has 1 unspecified atom stereocenters. The number of hydrogen-bond acceptors (Lipinski definition) is 2. The van der Waals surface area contributed by atoms with Gasteiger partial charge in [-0.3, -0.25) is 4.79 Å². The highest BCUT2D eigenvalue weighted by Gasteiger charge is 2.02. The minimum Gasteiger partial charge on any atom is -0.308 e. The van der Waals surface area contributed by atoms with Crippen LogP contribution in [-0.4, -0.2) is 18.4 Å². The Morgan fingerprint density at radius 2 is 2.31 bits per heavy atom. The van der Waals surface area contributed by atoms with E-state index in [0.717, 1.165) is 12.8 Å². The molecule has 0 saturated carbocycles. The molecule has 0 fully saturated rings. The molecule has 0 rings (SSSR count). The topological polar surface area (TPSA) is 29.1 Å². The number of rotatable bonds is 7. The Hall–Kier alpha value is -0.810. The monoisotopic (exact) mass is 181 g/mol. The molecule has 0 radical (unpaired) electrons. The molecule has 1 atom stereocenters. The van der Waals surface area contributed by atoms with Gasteiger partial charge in [0.05, 0.1) is 6.54 Å². The largest absolute Gasteiger partial charge is 0.308 e.